The van der Waals surface area contributed by atoms with Crippen molar-refractivity contribution in [3.63, 3.8) is 0 Å². The zero-order valence-corrected chi connectivity index (χ0v) is 5.44. The summed E-state index contributed by atoms with van der Waals surface area (Å²) in [6, 6.07) is 0. The molecule has 0 spiro atoms. The molecule has 47 valence electrons. The maximum Gasteiger partial charge on any atom is 0.108 e. The maximum atomic E-state index is 9.47. The third kappa shape index (κ3) is 3.02. The van der Waals surface area contributed by atoms with Crippen LogP contribution >= 0.6 is 11.6 Å². The van der Waals surface area contributed by atoms with Crippen LogP contribution in [0, 0.1) is 0 Å². The summed E-state index contributed by atoms with van der Waals surface area (Å²) in [7, 11) is 0. The van der Waals surface area contributed by atoms with Gasteiger partial charge in [0.1, 0.15) is 6.61 Å². The van der Waals surface area contributed by atoms with Gasteiger partial charge >= 0.3 is 0 Å². The van der Waals surface area contributed by atoms with Crippen LogP contribution in [0.3, 0.4) is 0 Å². The average molecular weight is 136 g/mol. The van der Waals surface area contributed by atoms with E-state index in [1.54, 1.807) is 6.92 Å². The minimum atomic E-state index is -0.707. The van der Waals surface area contributed by atoms with Crippen LogP contribution in [0.5, 0.6) is 0 Å². The highest BCUT2D eigenvalue weighted by molar-refractivity contribution is 6.25. The van der Waals surface area contributed by atoms with Gasteiger partial charge in [0.2, 0.25) is 0 Å². The predicted molar refractivity (Wildman–Crippen MR) is 31.1 cm³/mol. The van der Waals surface area contributed by atoms with Crippen molar-refractivity contribution in [2.45, 2.75) is 11.8 Å². The van der Waals surface area contributed by atoms with Crippen molar-refractivity contribution in [2.75, 3.05) is 6.61 Å². The van der Waals surface area contributed by atoms with E-state index in [0.717, 1.165) is 0 Å². The smallest absolute Gasteiger partial charge is 0.108 e. The van der Waals surface area contributed by atoms with Gasteiger partial charge in [-0.2, -0.15) is 0 Å². The van der Waals surface area contributed by atoms with Crippen molar-refractivity contribution in [1.82, 2.24) is 0 Å². The second-order valence-corrected chi connectivity index (χ2v) is 2.61. The molecule has 0 N–H and O–H groups in total. The molecule has 8 heavy (non-hydrogen) atoms. The molecular weight excluding hydrogens is 128 g/mol. The van der Waals surface area contributed by atoms with Crippen LogP contribution < -0.4 is 0 Å². The van der Waals surface area contributed by atoms with E-state index in [1.165, 1.54) is 6.08 Å². The lowest BCUT2D eigenvalue weighted by atomic mass is 10.2. The fourth-order valence-corrected chi connectivity index (χ4v) is 0.219. The highest BCUT2D eigenvalue weighted by atomic mass is 35.5. The van der Waals surface area contributed by atoms with Gasteiger partial charge in [-0.25, -0.2) is 4.89 Å². The van der Waals surface area contributed by atoms with Crippen molar-refractivity contribution in [2.24, 2.45) is 0 Å². The molecule has 0 aliphatic heterocycles. The Bertz CT molecular complexity index is 80.5. The largest absolute Gasteiger partial charge is 0.202 e. The molecule has 0 bridgehead atoms. The zero-order chi connectivity index (χ0) is 6.62. The first kappa shape index (κ1) is 7.95. The van der Waals surface area contributed by atoms with E-state index in [0.29, 0.717) is 0 Å². The van der Waals surface area contributed by atoms with E-state index in [9.17, 15) is 5.26 Å². The van der Waals surface area contributed by atoms with Crippen LogP contribution in [0.4, 0.5) is 0 Å². The Morgan fingerprint density at radius 2 is 2.50 bits per heavy atom. The van der Waals surface area contributed by atoms with E-state index in [2.05, 4.69) is 11.5 Å². The Labute approximate surface area is 53.6 Å². The van der Waals surface area contributed by atoms with Gasteiger partial charge in [-0.1, -0.05) is 6.08 Å². The summed E-state index contributed by atoms with van der Waals surface area (Å²) in [5.41, 5.74) is 0. The molecule has 0 aromatic heterocycles. The molecule has 0 rings (SSSR count). The second kappa shape index (κ2) is 3.07. The fraction of sp³-hybridized carbons (Fsp3) is 0.600. The maximum absolute atomic E-state index is 9.47. The summed E-state index contributed by atoms with van der Waals surface area (Å²) in [5, 5.41) is 9.47. The summed E-state index contributed by atoms with van der Waals surface area (Å²) in [6.07, 6.45) is 1.46. The van der Waals surface area contributed by atoms with Gasteiger partial charge in [0.25, 0.3) is 0 Å². The van der Waals surface area contributed by atoms with Gasteiger partial charge in [0, 0.05) is 0 Å². The molecule has 0 heterocycles. The van der Waals surface area contributed by atoms with Crippen molar-refractivity contribution < 1.29 is 10.1 Å². The predicted octanol–water partition coefficient (Wildman–Crippen LogP) is 1.53. The number of alkyl halides is 1. The Balaban J connectivity index is 3.53. The number of hydrogen-bond donors (Lipinski definition) is 0. The van der Waals surface area contributed by atoms with Crippen LogP contribution in [0.15, 0.2) is 12.7 Å². The zero-order valence-electron chi connectivity index (χ0n) is 4.69. The van der Waals surface area contributed by atoms with Crippen molar-refractivity contribution in [3.05, 3.63) is 12.7 Å². The normalized spacial score (nSPS) is 17.4. The topological polar surface area (TPSA) is 29.1 Å². The summed E-state index contributed by atoms with van der Waals surface area (Å²) in [4.78, 5) is 2.84. The van der Waals surface area contributed by atoms with Crippen LogP contribution in [0.1, 0.15) is 6.92 Å². The molecule has 0 amide bonds. The Hall–Kier alpha value is -0.0500. The van der Waals surface area contributed by atoms with E-state index >= 15 is 0 Å². The van der Waals surface area contributed by atoms with Gasteiger partial charge in [-0.15, -0.1) is 18.2 Å². The minimum absolute atomic E-state index is 0.0436. The Morgan fingerprint density at radius 1 is 2.00 bits per heavy atom. The number of hydrogen-bond acceptors (Lipinski definition) is 1. The van der Waals surface area contributed by atoms with Crippen LogP contribution in [-0.4, -0.2) is 11.5 Å². The first-order valence-corrected chi connectivity index (χ1v) is 2.57. The van der Waals surface area contributed by atoms with Crippen molar-refractivity contribution >= 4 is 11.6 Å². The molecule has 0 aromatic rings. The highest BCUT2D eigenvalue weighted by Crippen LogP contribution is 2.14. The van der Waals surface area contributed by atoms with Gasteiger partial charge in [0.05, 0.1) is 4.87 Å². The molecule has 0 saturated carbocycles. The summed E-state index contributed by atoms with van der Waals surface area (Å²) >= 11 is 5.58. The van der Waals surface area contributed by atoms with E-state index in [4.69, 9.17) is 11.6 Å². The fourth-order valence-electron chi connectivity index (χ4n) is 0.174. The monoisotopic (exact) mass is 135 g/mol. The standard InChI is InChI=1S/C5H8ClO2/c1-3-5(2,6)4-8-7/h3H,1,4H2,2H3. The van der Waals surface area contributed by atoms with Crippen LogP contribution in [0.2, 0.25) is 0 Å². The molecule has 2 nitrogen and oxygen atoms in total. The quantitative estimate of drug-likeness (QED) is 0.250. The van der Waals surface area contributed by atoms with E-state index < -0.39 is 4.87 Å². The molecule has 1 radical (unpaired) electrons. The lowest BCUT2D eigenvalue weighted by Crippen LogP contribution is -2.18. The third-order valence-corrected chi connectivity index (χ3v) is 1.03. The molecule has 0 aliphatic rings. The van der Waals surface area contributed by atoms with Crippen LogP contribution in [0.25, 0.3) is 0 Å². The lowest BCUT2D eigenvalue weighted by molar-refractivity contribution is -0.305. The molecule has 0 aliphatic carbocycles. The second-order valence-electron chi connectivity index (χ2n) is 1.74. The third-order valence-electron chi connectivity index (χ3n) is 0.767. The lowest BCUT2D eigenvalue weighted by Gasteiger charge is -2.11. The SMILES string of the molecule is C=CC(C)(Cl)CO[O]. The molecule has 0 fully saturated rings. The minimum Gasteiger partial charge on any atom is -0.202 e. The Kier molecular flexibility index (Phi) is 3.05. The highest BCUT2D eigenvalue weighted by Gasteiger charge is 2.15. The van der Waals surface area contributed by atoms with Gasteiger partial charge in [-0.05, 0) is 12.2 Å². The molecule has 0 aromatic carbocycles. The van der Waals surface area contributed by atoms with Gasteiger partial charge in [-0.3, -0.25) is 0 Å². The number of halogens is 1. The van der Waals surface area contributed by atoms with Crippen LogP contribution in [-0.2, 0) is 10.1 Å². The van der Waals surface area contributed by atoms with Gasteiger partial charge < -0.3 is 0 Å². The van der Waals surface area contributed by atoms with E-state index in [-0.39, 0.29) is 6.61 Å². The van der Waals surface area contributed by atoms with E-state index in [1.807, 2.05) is 0 Å². The Morgan fingerprint density at radius 3 is 2.62 bits per heavy atom. The molecule has 3 heteroatoms. The first-order chi connectivity index (χ1) is 3.62. The molecule has 1 unspecified atom stereocenters. The summed E-state index contributed by atoms with van der Waals surface area (Å²) in [6.45, 7) is 5.01. The molecule has 1 atom stereocenters. The van der Waals surface area contributed by atoms with Crippen molar-refractivity contribution in [1.29, 1.82) is 0 Å². The molecule has 0 saturated heterocycles. The van der Waals surface area contributed by atoms with Gasteiger partial charge in [0.15, 0.2) is 0 Å². The molecular formula is C5H8ClO2. The summed E-state index contributed by atoms with van der Waals surface area (Å²) < 4.78 is 0. The number of rotatable bonds is 3. The first-order valence-electron chi connectivity index (χ1n) is 2.19. The average Bonchev–Trinajstić information content (AvgIpc) is 1.67. The van der Waals surface area contributed by atoms with Crippen molar-refractivity contribution in [3.8, 4) is 0 Å². The summed E-state index contributed by atoms with van der Waals surface area (Å²) in [5.74, 6) is 0.